The average molecular weight is 255 g/mol. The molecule has 3 rings (SSSR count). The molecule has 0 amide bonds. The fraction of sp³-hybridized carbons (Fsp3) is 0.438. The first-order chi connectivity index (χ1) is 9.28. The van der Waals surface area contributed by atoms with E-state index in [0.29, 0.717) is 6.54 Å². The number of rotatable bonds is 5. The maximum absolute atomic E-state index is 5.74. The van der Waals surface area contributed by atoms with Crippen molar-refractivity contribution < 1.29 is 0 Å². The van der Waals surface area contributed by atoms with Crippen LogP contribution in [0, 0.1) is 5.92 Å². The largest absolute Gasteiger partial charge is 0.359 e. The first-order valence-corrected chi connectivity index (χ1v) is 7.08. The molecule has 0 radical (unpaired) electrons. The topological polar surface area (TPSA) is 42.2 Å². The highest BCUT2D eigenvalue weighted by Gasteiger charge is 2.24. The summed E-state index contributed by atoms with van der Waals surface area (Å²) < 4.78 is 0. The van der Waals surface area contributed by atoms with Crippen molar-refractivity contribution >= 4 is 16.7 Å². The van der Waals surface area contributed by atoms with Gasteiger partial charge in [-0.1, -0.05) is 18.2 Å². The Morgan fingerprint density at radius 1 is 1.32 bits per heavy atom. The van der Waals surface area contributed by atoms with Crippen molar-refractivity contribution in [1.82, 2.24) is 4.98 Å². The third-order valence-corrected chi connectivity index (χ3v) is 3.78. The van der Waals surface area contributed by atoms with Gasteiger partial charge in [0.25, 0.3) is 0 Å². The van der Waals surface area contributed by atoms with Gasteiger partial charge in [-0.3, -0.25) is 0 Å². The molecule has 1 aromatic carbocycles. The monoisotopic (exact) mass is 255 g/mol. The molecule has 2 aromatic rings. The Bertz CT molecular complexity index is 575. The summed E-state index contributed by atoms with van der Waals surface area (Å²) in [6.07, 6.45) is 3.62. The number of fused-ring (bicyclic) bond motifs is 1. The van der Waals surface area contributed by atoms with Crippen LogP contribution < -0.4 is 10.6 Å². The lowest BCUT2D eigenvalue weighted by Gasteiger charge is -2.21. The van der Waals surface area contributed by atoms with Crippen molar-refractivity contribution in [2.75, 3.05) is 25.0 Å². The maximum Gasteiger partial charge on any atom is 0.132 e. The van der Waals surface area contributed by atoms with Crippen molar-refractivity contribution in [3.8, 4) is 0 Å². The Balaban J connectivity index is 2.00. The molecule has 3 nitrogen and oxygen atoms in total. The zero-order valence-corrected chi connectivity index (χ0v) is 11.5. The van der Waals surface area contributed by atoms with Crippen LogP contribution >= 0.6 is 0 Å². The van der Waals surface area contributed by atoms with Gasteiger partial charge in [-0.2, -0.15) is 0 Å². The smallest absolute Gasteiger partial charge is 0.132 e. The minimum atomic E-state index is 0.671. The lowest BCUT2D eigenvalue weighted by molar-refractivity contribution is 0.772. The van der Waals surface area contributed by atoms with Crippen molar-refractivity contribution in [2.24, 2.45) is 11.7 Å². The van der Waals surface area contributed by atoms with Crippen molar-refractivity contribution in [3.05, 3.63) is 35.9 Å². The second kappa shape index (κ2) is 5.17. The molecule has 100 valence electrons. The molecule has 0 saturated heterocycles. The van der Waals surface area contributed by atoms with Crippen LogP contribution in [0.25, 0.3) is 10.9 Å². The molecular weight excluding hydrogens is 234 g/mol. The molecule has 1 fully saturated rings. The minimum absolute atomic E-state index is 0.671. The van der Waals surface area contributed by atoms with Gasteiger partial charge >= 0.3 is 0 Å². The molecule has 0 atom stereocenters. The number of aromatic nitrogens is 1. The molecule has 19 heavy (non-hydrogen) atoms. The standard InChI is InChI=1S/C16H21N3/c1-19(11-12-6-7-12)16-14(8-9-17)10-13-4-2-3-5-15(13)18-16/h2-5,10,12H,6-9,11,17H2,1H3. The highest BCUT2D eigenvalue weighted by atomic mass is 15.2. The summed E-state index contributed by atoms with van der Waals surface area (Å²) in [6, 6.07) is 10.5. The molecule has 3 heteroatoms. The zero-order valence-electron chi connectivity index (χ0n) is 11.5. The predicted molar refractivity (Wildman–Crippen MR) is 80.5 cm³/mol. The van der Waals surface area contributed by atoms with Gasteiger partial charge in [0.05, 0.1) is 5.52 Å². The Labute approximate surface area is 114 Å². The molecule has 0 bridgehead atoms. The van der Waals surface area contributed by atoms with E-state index < -0.39 is 0 Å². The lowest BCUT2D eigenvalue weighted by Crippen LogP contribution is -2.23. The van der Waals surface area contributed by atoms with E-state index in [2.05, 4.69) is 36.2 Å². The van der Waals surface area contributed by atoms with Crippen LogP contribution in [-0.4, -0.2) is 25.1 Å². The molecular formula is C16H21N3. The minimum Gasteiger partial charge on any atom is -0.359 e. The normalized spacial score (nSPS) is 14.8. The number of hydrogen-bond acceptors (Lipinski definition) is 3. The second-order valence-electron chi connectivity index (χ2n) is 5.53. The summed E-state index contributed by atoms with van der Waals surface area (Å²) >= 11 is 0. The fourth-order valence-electron chi connectivity index (χ4n) is 2.59. The Kier molecular flexibility index (Phi) is 3.38. The number of nitrogens with zero attached hydrogens (tertiary/aromatic N) is 2. The first-order valence-electron chi connectivity index (χ1n) is 7.08. The highest BCUT2D eigenvalue weighted by molar-refractivity contribution is 5.81. The van der Waals surface area contributed by atoms with Gasteiger partial charge in [-0.25, -0.2) is 4.98 Å². The van der Waals surface area contributed by atoms with E-state index in [-0.39, 0.29) is 0 Å². The summed E-state index contributed by atoms with van der Waals surface area (Å²) in [5.74, 6) is 1.97. The van der Waals surface area contributed by atoms with E-state index in [1.807, 2.05) is 6.07 Å². The highest BCUT2D eigenvalue weighted by Crippen LogP contribution is 2.32. The number of anilines is 1. The number of para-hydroxylation sites is 1. The van der Waals surface area contributed by atoms with Crippen molar-refractivity contribution in [2.45, 2.75) is 19.3 Å². The van der Waals surface area contributed by atoms with E-state index in [0.717, 1.165) is 30.2 Å². The molecule has 2 N–H and O–H groups in total. The Hall–Kier alpha value is -1.61. The van der Waals surface area contributed by atoms with E-state index in [9.17, 15) is 0 Å². The number of hydrogen-bond donors (Lipinski definition) is 1. The van der Waals surface area contributed by atoms with Gasteiger partial charge < -0.3 is 10.6 Å². The van der Waals surface area contributed by atoms with E-state index >= 15 is 0 Å². The summed E-state index contributed by atoms with van der Waals surface area (Å²) in [7, 11) is 2.15. The SMILES string of the molecule is CN(CC1CC1)c1nc2ccccc2cc1CCN. The second-order valence-corrected chi connectivity index (χ2v) is 5.53. The molecule has 1 aromatic heterocycles. The molecule has 1 heterocycles. The summed E-state index contributed by atoms with van der Waals surface area (Å²) in [6.45, 7) is 1.78. The summed E-state index contributed by atoms with van der Waals surface area (Å²) in [4.78, 5) is 7.15. The molecule has 0 spiro atoms. The number of benzene rings is 1. The average Bonchev–Trinajstić information content (AvgIpc) is 3.22. The van der Waals surface area contributed by atoms with Crippen LogP contribution in [0.3, 0.4) is 0 Å². The third kappa shape index (κ3) is 2.71. The molecule has 1 saturated carbocycles. The molecule has 0 unspecified atom stereocenters. The van der Waals surface area contributed by atoms with Crippen LogP contribution in [0.2, 0.25) is 0 Å². The molecule has 1 aliphatic carbocycles. The van der Waals surface area contributed by atoms with Crippen LogP contribution in [-0.2, 0) is 6.42 Å². The predicted octanol–water partition coefficient (Wildman–Crippen LogP) is 2.58. The number of pyridine rings is 1. The van der Waals surface area contributed by atoms with Gasteiger partial charge in [0, 0.05) is 19.0 Å². The lowest BCUT2D eigenvalue weighted by atomic mass is 10.1. The summed E-state index contributed by atoms with van der Waals surface area (Å²) in [5.41, 5.74) is 8.08. The van der Waals surface area contributed by atoms with E-state index in [1.165, 1.54) is 23.8 Å². The van der Waals surface area contributed by atoms with E-state index in [1.54, 1.807) is 0 Å². The van der Waals surface area contributed by atoms with Crippen molar-refractivity contribution in [1.29, 1.82) is 0 Å². The van der Waals surface area contributed by atoms with Gasteiger partial charge in [0.1, 0.15) is 5.82 Å². The maximum atomic E-state index is 5.74. The van der Waals surface area contributed by atoms with Gasteiger partial charge in [-0.15, -0.1) is 0 Å². The van der Waals surface area contributed by atoms with Crippen LogP contribution in [0.15, 0.2) is 30.3 Å². The van der Waals surface area contributed by atoms with Crippen molar-refractivity contribution in [3.63, 3.8) is 0 Å². The first kappa shape index (κ1) is 12.4. The fourth-order valence-corrected chi connectivity index (χ4v) is 2.59. The van der Waals surface area contributed by atoms with Gasteiger partial charge in [0.2, 0.25) is 0 Å². The van der Waals surface area contributed by atoms with E-state index in [4.69, 9.17) is 10.7 Å². The van der Waals surface area contributed by atoms with Gasteiger partial charge in [-0.05, 0) is 49.4 Å². The summed E-state index contributed by atoms with van der Waals surface area (Å²) in [5, 5.41) is 1.20. The Morgan fingerprint density at radius 2 is 2.11 bits per heavy atom. The molecule has 0 aliphatic heterocycles. The molecule has 1 aliphatic rings. The van der Waals surface area contributed by atoms with Crippen LogP contribution in [0.4, 0.5) is 5.82 Å². The quantitative estimate of drug-likeness (QED) is 0.893. The van der Waals surface area contributed by atoms with Gasteiger partial charge in [0.15, 0.2) is 0 Å². The van der Waals surface area contributed by atoms with Crippen LogP contribution in [0.5, 0.6) is 0 Å². The third-order valence-electron chi connectivity index (χ3n) is 3.78. The Morgan fingerprint density at radius 3 is 2.84 bits per heavy atom. The zero-order chi connectivity index (χ0) is 13.2. The number of nitrogens with two attached hydrogens (primary N) is 1. The van der Waals surface area contributed by atoms with Crippen LogP contribution in [0.1, 0.15) is 18.4 Å².